The number of anilines is 1. The van der Waals surface area contributed by atoms with E-state index < -0.39 is 5.91 Å². The lowest BCUT2D eigenvalue weighted by Gasteiger charge is -2.19. The van der Waals surface area contributed by atoms with Crippen molar-refractivity contribution in [3.63, 3.8) is 0 Å². The Balaban J connectivity index is 2.01. The Morgan fingerprint density at radius 3 is 2.20 bits per heavy atom. The number of rotatable bonds is 3. The fourth-order valence-electron chi connectivity index (χ4n) is 2.21. The number of thiocarbonyl (C=S) groups is 1. The molecule has 0 aliphatic carbocycles. The largest absolute Gasteiger partial charge is 0.366 e. The van der Waals surface area contributed by atoms with Crippen molar-refractivity contribution < 1.29 is 9.59 Å². The predicted octanol–water partition coefficient (Wildman–Crippen LogP) is 3.21. The van der Waals surface area contributed by atoms with Crippen molar-refractivity contribution in [2.24, 2.45) is 5.73 Å². The Morgan fingerprint density at radius 1 is 1.00 bits per heavy atom. The smallest absolute Gasteiger partial charge is 0.257 e. The minimum atomic E-state index is -0.530. The molecule has 4 N–H and O–H groups in total. The molecule has 0 aliphatic heterocycles. The van der Waals surface area contributed by atoms with Gasteiger partial charge in [-0.3, -0.25) is 14.9 Å². The minimum absolute atomic E-state index is 0.0251. The van der Waals surface area contributed by atoms with Crippen LogP contribution in [0.2, 0.25) is 0 Å². The van der Waals surface area contributed by atoms with E-state index in [4.69, 9.17) is 18.0 Å². The molecule has 25 heavy (non-hydrogen) atoms. The van der Waals surface area contributed by atoms with Gasteiger partial charge in [-0.05, 0) is 53.5 Å². The summed E-state index contributed by atoms with van der Waals surface area (Å²) >= 11 is 5.15. The number of hydrogen-bond acceptors (Lipinski definition) is 3. The Kier molecular flexibility index (Phi) is 5.54. The molecule has 2 amide bonds. The first-order valence-electron chi connectivity index (χ1n) is 7.79. The van der Waals surface area contributed by atoms with Crippen LogP contribution in [0.15, 0.2) is 48.5 Å². The van der Waals surface area contributed by atoms with Crippen LogP contribution in [-0.2, 0) is 5.41 Å². The maximum Gasteiger partial charge on any atom is 0.257 e. The standard InChI is InChI=1S/C19H21N3O2S/c1-19(2,3)14-9-7-12(8-10-14)17(24)22-18(25)21-15-6-4-5-13(11-15)16(20)23/h4-11H,1-3H3,(H2,20,23)(H2,21,22,24,25). The molecule has 6 heteroatoms. The van der Waals surface area contributed by atoms with Crippen LogP contribution in [0.3, 0.4) is 0 Å². The third-order valence-corrected chi connectivity index (χ3v) is 3.85. The summed E-state index contributed by atoms with van der Waals surface area (Å²) in [5.41, 5.74) is 7.86. The molecule has 0 spiro atoms. The van der Waals surface area contributed by atoms with Crippen molar-refractivity contribution in [2.75, 3.05) is 5.32 Å². The lowest BCUT2D eigenvalue weighted by atomic mass is 9.87. The van der Waals surface area contributed by atoms with Crippen LogP contribution in [0.5, 0.6) is 0 Å². The van der Waals surface area contributed by atoms with Crippen molar-refractivity contribution in [3.8, 4) is 0 Å². The predicted molar refractivity (Wildman–Crippen MR) is 104 cm³/mol. The van der Waals surface area contributed by atoms with E-state index in [2.05, 4.69) is 31.4 Å². The second-order valence-electron chi connectivity index (χ2n) is 6.68. The molecular formula is C19H21N3O2S. The van der Waals surface area contributed by atoms with Gasteiger partial charge in [0, 0.05) is 16.8 Å². The van der Waals surface area contributed by atoms with Crippen molar-refractivity contribution >= 4 is 34.8 Å². The van der Waals surface area contributed by atoms with E-state index >= 15 is 0 Å². The van der Waals surface area contributed by atoms with Crippen LogP contribution in [0.4, 0.5) is 5.69 Å². The zero-order valence-electron chi connectivity index (χ0n) is 14.4. The topological polar surface area (TPSA) is 84.2 Å². The number of benzene rings is 2. The third-order valence-electron chi connectivity index (χ3n) is 3.65. The highest BCUT2D eigenvalue weighted by Gasteiger charge is 2.14. The molecule has 0 saturated heterocycles. The van der Waals surface area contributed by atoms with Crippen molar-refractivity contribution in [3.05, 3.63) is 65.2 Å². The number of carbonyl (C=O) groups is 2. The summed E-state index contributed by atoms with van der Waals surface area (Å²) in [6.07, 6.45) is 0. The first kappa shape index (κ1) is 18.6. The molecular weight excluding hydrogens is 334 g/mol. The molecule has 0 radical (unpaired) electrons. The first-order chi connectivity index (χ1) is 11.7. The van der Waals surface area contributed by atoms with Gasteiger partial charge in [0.25, 0.3) is 5.91 Å². The van der Waals surface area contributed by atoms with Gasteiger partial charge in [0.1, 0.15) is 0 Å². The van der Waals surface area contributed by atoms with Crippen molar-refractivity contribution in [1.82, 2.24) is 5.32 Å². The Labute approximate surface area is 152 Å². The summed E-state index contributed by atoms with van der Waals surface area (Å²) in [6.45, 7) is 6.34. The van der Waals surface area contributed by atoms with Gasteiger partial charge in [0.15, 0.2) is 5.11 Å². The van der Waals surface area contributed by atoms with Gasteiger partial charge in [-0.2, -0.15) is 0 Å². The summed E-state index contributed by atoms with van der Waals surface area (Å²) in [7, 11) is 0. The molecule has 2 aromatic carbocycles. The number of amides is 2. The highest BCUT2D eigenvalue weighted by atomic mass is 32.1. The van der Waals surface area contributed by atoms with Crippen LogP contribution < -0.4 is 16.4 Å². The average Bonchev–Trinajstić information content (AvgIpc) is 2.54. The van der Waals surface area contributed by atoms with Crippen LogP contribution in [0.25, 0.3) is 0 Å². The quantitative estimate of drug-likeness (QED) is 0.738. The first-order valence-corrected chi connectivity index (χ1v) is 8.20. The van der Waals surface area contributed by atoms with Gasteiger partial charge in [0.2, 0.25) is 5.91 Å². The number of nitrogens with two attached hydrogens (primary N) is 1. The second kappa shape index (κ2) is 7.44. The normalized spacial score (nSPS) is 10.8. The van der Waals surface area contributed by atoms with Crippen LogP contribution in [0.1, 0.15) is 47.1 Å². The molecule has 0 fully saturated rings. The Bertz CT molecular complexity index is 808. The van der Waals surface area contributed by atoms with Gasteiger partial charge < -0.3 is 11.1 Å². The summed E-state index contributed by atoms with van der Waals surface area (Å²) in [4.78, 5) is 23.5. The molecule has 0 aliphatic rings. The fourth-order valence-corrected chi connectivity index (χ4v) is 2.42. The highest BCUT2D eigenvalue weighted by Crippen LogP contribution is 2.22. The van der Waals surface area contributed by atoms with E-state index in [-0.39, 0.29) is 16.4 Å². The van der Waals surface area contributed by atoms with Gasteiger partial charge in [-0.25, -0.2) is 0 Å². The maximum atomic E-state index is 12.3. The fraction of sp³-hybridized carbons (Fsp3) is 0.211. The summed E-state index contributed by atoms with van der Waals surface area (Å²) in [6, 6.07) is 14.0. The summed E-state index contributed by atoms with van der Waals surface area (Å²) in [5, 5.41) is 5.63. The van der Waals surface area contributed by atoms with Crippen molar-refractivity contribution in [2.45, 2.75) is 26.2 Å². The third kappa shape index (κ3) is 5.12. The van der Waals surface area contributed by atoms with Gasteiger partial charge in [0.05, 0.1) is 0 Å². The number of nitrogens with one attached hydrogen (secondary N) is 2. The zero-order valence-corrected chi connectivity index (χ0v) is 15.2. The zero-order chi connectivity index (χ0) is 18.6. The molecule has 0 bridgehead atoms. The minimum Gasteiger partial charge on any atom is -0.366 e. The lowest BCUT2D eigenvalue weighted by Crippen LogP contribution is -2.34. The Morgan fingerprint density at radius 2 is 1.64 bits per heavy atom. The SMILES string of the molecule is CC(C)(C)c1ccc(C(=O)NC(=S)Nc2cccc(C(N)=O)c2)cc1. The summed E-state index contributed by atoms with van der Waals surface area (Å²) < 4.78 is 0. The molecule has 0 aromatic heterocycles. The van der Waals surface area contributed by atoms with Gasteiger partial charge in [-0.15, -0.1) is 0 Å². The molecule has 0 saturated carbocycles. The van der Waals surface area contributed by atoms with E-state index in [1.54, 1.807) is 36.4 Å². The molecule has 130 valence electrons. The lowest BCUT2D eigenvalue weighted by molar-refractivity contribution is 0.0974. The van der Waals surface area contributed by atoms with Crippen LogP contribution >= 0.6 is 12.2 Å². The highest BCUT2D eigenvalue weighted by molar-refractivity contribution is 7.80. The van der Waals surface area contributed by atoms with Crippen LogP contribution in [-0.4, -0.2) is 16.9 Å². The van der Waals surface area contributed by atoms with E-state index in [0.29, 0.717) is 16.8 Å². The van der Waals surface area contributed by atoms with E-state index in [0.717, 1.165) is 5.56 Å². The molecule has 0 unspecified atom stereocenters. The monoisotopic (exact) mass is 355 g/mol. The van der Waals surface area contributed by atoms with E-state index in [1.165, 1.54) is 0 Å². The van der Waals surface area contributed by atoms with Gasteiger partial charge >= 0.3 is 0 Å². The average molecular weight is 355 g/mol. The number of hydrogen-bond donors (Lipinski definition) is 3. The summed E-state index contributed by atoms with van der Waals surface area (Å²) in [5.74, 6) is -0.832. The Hall–Kier alpha value is -2.73. The molecule has 0 heterocycles. The molecule has 0 atom stereocenters. The second-order valence-corrected chi connectivity index (χ2v) is 7.09. The van der Waals surface area contributed by atoms with Crippen LogP contribution in [0, 0.1) is 0 Å². The van der Waals surface area contributed by atoms with E-state index in [9.17, 15) is 9.59 Å². The van der Waals surface area contributed by atoms with E-state index in [1.807, 2.05) is 12.1 Å². The molecule has 5 nitrogen and oxygen atoms in total. The molecule has 2 rings (SSSR count). The maximum absolute atomic E-state index is 12.3. The number of carbonyl (C=O) groups excluding carboxylic acids is 2. The van der Waals surface area contributed by atoms with Gasteiger partial charge in [-0.1, -0.05) is 39.0 Å². The molecule has 2 aromatic rings. The van der Waals surface area contributed by atoms with Crippen molar-refractivity contribution in [1.29, 1.82) is 0 Å². The number of primary amides is 1.